The Bertz CT molecular complexity index is 2540. The zero-order chi connectivity index (χ0) is 71.3. The molecule has 6 fully saturated rings. The third-order valence-corrected chi connectivity index (χ3v) is 35.9. The highest BCUT2D eigenvalue weighted by molar-refractivity contribution is 6.74. The van der Waals surface area contributed by atoms with Gasteiger partial charge in [0.05, 0.1) is 35.6 Å². The predicted octanol–water partition coefficient (Wildman–Crippen LogP) is 22.3. The largest absolute Gasteiger partial charge is 0.414 e. The molecule has 6 aliphatic carbocycles. The molecule has 0 bridgehead atoms. The van der Waals surface area contributed by atoms with Crippen LogP contribution in [0.3, 0.4) is 0 Å². The average molecular weight is 1410 g/mol. The number of allylic oxidation sites excluding steroid dienone is 6. The van der Waals surface area contributed by atoms with Crippen molar-refractivity contribution in [2.75, 3.05) is 0 Å². The zero-order valence-electron chi connectivity index (χ0n) is 65.7. The summed E-state index contributed by atoms with van der Waals surface area (Å²) in [5, 5.41) is 40.9. The summed E-state index contributed by atoms with van der Waals surface area (Å²) >= 11 is 0. The lowest BCUT2D eigenvalue weighted by Gasteiger charge is -2.45. The number of ketones is 2. The summed E-state index contributed by atoms with van der Waals surface area (Å²) in [5.41, 5.74) is 3.50. The Morgan fingerprint density at radius 3 is 1.28 bits per heavy atom. The van der Waals surface area contributed by atoms with Gasteiger partial charge in [0.2, 0.25) is 0 Å². The molecule has 0 saturated heterocycles. The van der Waals surface area contributed by atoms with E-state index in [4.69, 9.17) is 17.7 Å². The molecule has 6 rings (SSSR count). The van der Waals surface area contributed by atoms with Gasteiger partial charge >= 0.3 is 0 Å². The summed E-state index contributed by atoms with van der Waals surface area (Å²) < 4.78 is 27.4. The highest BCUT2D eigenvalue weighted by Gasteiger charge is 2.54. The number of fused-ring (bicyclic) bond motifs is 2. The second kappa shape index (κ2) is 34.6. The molecule has 0 heterocycles. The van der Waals surface area contributed by atoms with E-state index in [1.54, 1.807) is 19.4 Å². The van der Waals surface area contributed by atoms with Gasteiger partial charge in [0.15, 0.2) is 44.8 Å². The molecule has 0 aliphatic heterocycles. The minimum atomic E-state index is -1.93. The first-order valence-corrected chi connectivity index (χ1v) is 50.7. The number of carbonyl (C=O) groups excluding carboxylic acids is 2. The molecule has 14 heteroatoms. The van der Waals surface area contributed by atoms with Crippen LogP contribution in [0.15, 0.2) is 46.6 Å². The van der Waals surface area contributed by atoms with Crippen molar-refractivity contribution in [3.05, 3.63) is 46.6 Å². The fourth-order valence-electron chi connectivity index (χ4n) is 18.1. The van der Waals surface area contributed by atoms with Crippen molar-refractivity contribution in [3.8, 4) is 0 Å². The van der Waals surface area contributed by atoms with E-state index in [0.29, 0.717) is 67.6 Å². The first-order valence-electron chi connectivity index (χ1n) is 38.1. The van der Waals surface area contributed by atoms with Crippen LogP contribution in [0.4, 0.5) is 0 Å². The van der Waals surface area contributed by atoms with E-state index in [2.05, 4.69) is 159 Å². The van der Waals surface area contributed by atoms with Crippen molar-refractivity contribution >= 4 is 44.8 Å². The Morgan fingerprint density at radius 1 is 0.521 bits per heavy atom. The van der Waals surface area contributed by atoms with E-state index in [1.807, 2.05) is 27.7 Å². The van der Waals surface area contributed by atoms with Gasteiger partial charge in [-0.15, -0.1) is 0 Å². The molecular weight excluding hydrogens is 1260 g/mol. The van der Waals surface area contributed by atoms with Gasteiger partial charge in [-0.2, -0.15) is 0 Å². The third kappa shape index (κ3) is 26.2. The molecule has 6 aliphatic rings. The topological polar surface area (TPSA) is 152 Å². The van der Waals surface area contributed by atoms with Crippen molar-refractivity contribution in [3.63, 3.8) is 0 Å². The van der Waals surface area contributed by atoms with E-state index < -0.39 is 62.3 Å². The SMILES string of the molecule is C.C.CC(C)(CCC[C@@H](CCC(=O)C(C)(C)O[Si](C)(C)C)C1CCC2/C(=C/C=C3C[C@@H](O[Si](C)(C)C(C)(C)C)C[C@H](O[Si](C)(C)C(C)(C)C)C3)CCC[C@@]21C)O[Si](C)(C)C.CC(C)(O)CCC[C@@H](CCC(=O)C(C)(C)O)C1CCC2/C(=C/C=C3C[C@@H](O)C[C@H](O)C3)CCC[C@@]21C. The van der Waals surface area contributed by atoms with Crippen LogP contribution in [0.2, 0.25) is 75.5 Å². The van der Waals surface area contributed by atoms with Gasteiger partial charge < -0.3 is 38.1 Å². The van der Waals surface area contributed by atoms with Crippen LogP contribution in [0.5, 0.6) is 0 Å². The fraction of sp³-hybridized carbons (Fsp3) is 0.878. The second-order valence-corrected chi connectivity index (χ2v) is 57.6. The van der Waals surface area contributed by atoms with Crippen molar-refractivity contribution in [2.45, 2.75) is 415 Å². The molecule has 0 aromatic rings. The van der Waals surface area contributed by atoms with Gasteiger partial charge in [0.1, 0.15) is 11.2 Å². The molecule has 12 atom stereocenters. The minimum absolute atomic E-state index is 0. The van der Waals surface area contributed by atoms with Gasteiger partial charge in [-0.25, -0.2) is 0 Å². The first-order chi connectivity index (χ1) is 42.7. The van der Waals surface area contributed by atoms with Gasteiger partial charge in [-0.05, 0) is 306 Å². The van der Waals surface area contributed by atoms with Crippen LogP contribution in [0, 0.1) is 46.3 Å². The molecule has 6 saturated carbocycles. The monoisotopic (exact) mass is 1410 g/mol. The number of aliphatic hydroxyl groups excluding tert-OH is 2. The first kappa shape index (κ1) is 89.1. The van der Waals surface area contributed by atoms with E-state index >= 15 is 0 Å². The maximum Gasteiger partial charge on any atom is 0.192 e. The predicted molar refractivity (Wildman–Crippen MR) is 419 cm³/mol. The van der Waals surface area contributed by atoms with Gasteiger partial charge in [-0.3, -0.25) is 9.59 Å². The smallest absolute Gasteiger partial charge is 0.192 e. The number of rotatable bonds is 28. The lowest BCUT2D eigenvalue weighted by atomic mass is 9.60. The third-order valence-electron chi connectivity index (χ3n) is 24.6. The molecule has 560 valence electrons. The Kier molecular flexibility index (Phi) is 32.1. The summed E-state index contributed by atoms with van der Waals surface area (Å²) in [6, 6.07) is 0. The molecule has 4 N–H and O–H groups in total. The normalized spacial score (nSPS) is 29.0. The highest BCUT2D eigenvalue weighted by atomic mass is 28.4. The van der Waals surface area contributed by atoms with E-state index in [9.17, 15) is 30.0 Å². The molecule has 4 unspecified atom stereocenters. The van der Waals surface area contributed by atoms with Crippen molar-refractivity contribution in [2.24, 2.45) is 46.3 Å². The van der Waals surface area contributed by atoms with Gasteiger partial charge in [0, 0.05) is 12.8 Å². The number of Topliss-reactive ketones (excluding diaryl/α,β-unsaturated/α-hetero) is 2. The van der Waals surface area contributed by atoms with E-state index in [-0.39, 0.29) is 65.1 Å². The molecule has 0 aromatic heterocycles. The summed E-state index contributed by atoms with van der Waals surface area (Å²) in [4.78, 5) is 26.4. The molecule has 0 radical (unpaired) electrons. The maximum atomic E-state index is 13.9. The van der Waals surface area contributed by atoms with Crippen LogP contribution >= 0.6 is 0 Å². The Labute approximate surface area is 596 Å². The van der Waals surface area contributed by atoms with Crippen molar-refractivity contribution in [1.82, 2.24) is 0 Å². The molecular formula is C82H156O10Si4. The van der Waals surface area contributed by atoms with Gasteiger partial charge in [0.25, 0.3) is 0 Å². The van der Waals surface area contributed by atoms with Crippen LogP contribution < -0.4 is 0 Å². The van der Waals surface area contributed by atoms with Crippen molar-refractivity contribution in [1.29, 1.82) is 0 Å². The van der Waals surface area contributed by atoms with Gasteiger partial charge in [-0.1, -0.05) is 143 Å². The molecule has 0 amide bonds. The standard InChI is InChI=1S/C49H96O5Si4.C31H52O5.2CH4/c1-45(2,3)57(18,19)51-40-34-37(35-41(36-40)52-58(20,21)46(4,5)6)26-27-38-25-23-33-49(11)42(38)29-30-43(49)39(24-22-32-47(7,8)53-55(12,13)14)28-31-44(50)48(9,10)54-56(15,16)17;1-29(2,35)16-6-8-23(12-15-28(34)30(3,4)36)27-14-13-26-22(9-7-17-31(26,27)5)11-10-21-18-24(32)20-25(33)19-21;;/h26-27,39-43H,22-25,28-36H2,1-21H3;10-11,23-27,32-33,35-36H,6-9,12-20H2,1-5H3;2*1H4/b38-27+;22-11+;;/t39-,40+,41+,42?,43?,49-;23-,24+,25+,26?,27?,31-;;/m00../s1. The lowest BCUT2D eigenvalue weighted by molar-refractivity contribution is -0.134. The number of carbonyl (C=O) groups is 2. The maximum absolute atomic E-state index is 13.9. The average Bonchev–Trinajstić information content (AvgIpc) is 1.59. The van der Waals surface area contributed by atoms with E-state index in [0.717, 1.165) is 82.6 Å². The van der Waals surface area contributed by atoms with Crippen LogP contribution in [0.1, 0.15) is 293 Å². The molecule has 0 aromatic carbocycles. The molecule has 0 spiro atoms. The second-order valence-electron chi connectivity index (χ2n) is 39.2. The Morgan fingerprint density at radius 2 is 0.906 bits per heavy atom. The number of hydrogen-bond donors (Lipinski definition) is 4. The zero-order valence-corrected chi connectivity index (χ0v) is 69.7. The van der Waals surface area contributed by atoms with Crippen molar-refractivity contribution < 1.29 is 47.7 Å². The summed E-state index contributed by atoms with van der Waals surface area (Å²) in [6.45, 7) is 57.8. The lowest BCUT2D eigenvalue weighted by Crippen LogP contribution is -2.48. The highest BCUT2D eigenvalue weighted by Crippen LogP contribution is 2.62. The summed E-state index contributed by atoms with van der Waals surface area (Å²) in [6.07, 6.45) is 34.9. The van der Waals surface area contributed by atoms with Crippen LogP contribution in [0.25, 0.3) is 0 Å². The molecule has 96 heavy (non-hydrogen) atoms. The van der Waals surface area contributed by atoms with Crippen LogP contribution in [-0.4, -0.2) is 112 Å². The number of aliphatic hydroxyl groups is 4. The fourth-order valence-corrected chi connectivity index (χ4v) is 24.3. The number of hydrogen-bond acceptors (Lipinski definition) is 10. The summed E-state index contributed by atoms with van der Waals surface area (Å²) in [7, 11) is -7.38. The van der Waals surface area contributed by atoms with E-state index in [1.165, 1.54) is 68.9 Å². The van der Waals surface area contributed by atoms with Crippen LogP contribution in [-0.2, 0) is 27.3 Å². The minimum Gasteiger partial charge on any atom is -0.414 e. The quantitative estimate of drug-likeness (QED) is 0.0557. The Hall–Kier alpha value is -1.15. The molecule has 10 nitrogen and oxygen atoms in total. The summed E-state index contributed by atoms with van der Waals surface area (Å²) in [5.74, 6) is 3.45. The Balaban J connectivity index is 0.000000542.